The van der Waals surface area contributed by atoms with Crippen molar-refractivity contribution in [2.75, 3.05) is 7.11 Å². The predicted molar refractivity (Wildman–Crippen MR) is 122 cm³/mol. The Labute approximate surface area is 180 Å². The summed E-state index contributed by atoms with van der Waals surface area (Å²) in [6, 6.07) is 6.11. The second kappa shape index (κ2) is 6.47. The van der Waals surface area contributed by atoms with E-state index < -0.39 is 13.9 Å². The zero-order valence-corrected chi connectivity index (χ0v) is 20.3. The molecule has 1 aliphatic carbocycles. The molecule has 0 radical (unpaired) electrons. The average Bonchev–Trinajstić information content (AvgIpc) is 3.23. The van der Waals surface area contributed by atoms with Crippen molar-refractivity contribution in [3.63, 3.8) is 0 Å². The predicted octanol–water partition coefficient (Wildman–Crippen LogP) is 6.65. The maximum absolute atomic E-state index is 6.98. The molecule has 30 heavy (non-hydrogen) atoms. The maximum atomic E-state index is 6.98. The Hall–Kier alpha value is -1.56. The minimum atomic E-state index is -1.90. The third-order valence-electron chi connectivity index (χ3n) is 7.97. The molecule has 0 unspecified atom stereocenters. The van der Waals surface area contributed by atoms with Crippen LogP contribution >= 0.6 is 0 Å². The molecule has 162 valence electrons. The van der Waals surface area contributed by atoms with Gasteiger partial charge in [-0.05, 0) is 61.2 Å². The lowest BCUT2D eigenvalue weighted by Crippen LogP contribution is -2.49. The van der Waals surface area contributed by atoms with Gasteiger partial charge in [0.1, 0.15) is 22.7 Å². The first-order chi connectivity index (χ1) is 14.1. The minimum absolute atomic E-state index is 0.0542. The number of ether oxygens (including phenoxy) is 2. The summed E-state index contributed by atoms with van der Waals surface area (Å²) in [5.41, 5.74) is 3.05. The Morgan fingerprint density at radius 3 is 2.67 bits per heavy atom. The van der Waals surface area contributed by atoms with Crippen LogP contribution in [-0.4, -0.2) is 27.6 Å². The molecule has 5 heteroatoms. The molecule has 1 spiro atoms. The quantitative estimate of drug-likeness (QED) is 0.407. The molecule has 2 bridgehead atoms. The standard InChI is InChI=1S/C25H34O4Si/c1-15-21-14-18-20(29-30(6,7)24(2,3)4)9-8-12-25(18,28-21)22-17-13-16(26-5)10-11-19(17)27-23(15)22/h10-11,13-15,20-21H,8-9,12H2,1-7H3/t15-,20+,21+,25-/m1/s1. The fourth-order valence-corrected chi connectivity index (χ4v) is 6.56. The summed E-state index contributed by atoms with van der Waals surface area (Å²) in [4.78, 5) is 0. The normalized spacial score (nSPS) is 30.8. The van der Waals surface area contributed by atoms with Crippen LogP contribution in [0.2, 0.25) is 18.1 Å². The van der Waals surface area contributed by atoms with Gasteiger partial charge in [-0.3, -0.25) is 0 Å². The van der Waals surface area contributed by atoms with Crippen LogP contribution in [0.1, 0.15) is 64.2 Å². The van der Waals surface area contributed by atoms with Gasteiger partial charge in [0.05, 0.1) is 19.3 Å². The summed E-state index contributed by atoms with van der Waals surface area (Å²) in [6.45, 7) is 13.9. The molecule has 1 aromatic carbocycles. The second-order valence-electron chi connectivity index (χ2n) is 10.8. The van der Waals surface area contributed by atoms with E-state index in [1.54, 1.807) is 7.11 Å². The van der Waals surface area contributed by atoms with E-state index in [2.05, 4.69) is 52.9 Å². The molecule has 1 fully saturated rings. The van der Waals surface area contributed by atoms with Gasteiger partial charge in [0.2, 0.25) is 0 Å². The van der Waals surface area contributed by atoms with Crippen molar-refractivity contribution in [1.29, 1.82) is 0 Å². The molecule has 4 atom stereocenters. The van der Waals surface area contributed by atoms with Crippen molar-refractivity contribution < 1.29 is 18.3 Å². The SMILES string of the molecule is COc1ccc2oc3c(c2c1)[C@@]12CCC[C@H](O[Si](C)(C)C(C)(C)C)C1=C[C@H](O2)[C@H]3C. The Morgan fingerprint density at radius 1 is 1.20 bits per heavy atom. The molecule has 3 aliphatic rings. The highest BCUT2D eigenvalue weighted by atomic mass is 28.4. The summed E-state index contributed by atoms with van der Waals surface area (Å²) in [5, 5.41) is 1.30. The summed E-state index contributed by atoms with van der Waals surface area (Å²) < 4.78 is 25.8. The van der Waals surface area contributed by atoms with Gasteiger partial charge in [-0.25, -0.2) is 0 Å². The van der Waals surface area contributed by atoms with Gasteiger partial charge in [-0.2, -0.15) is 0 Å². The van der Waals surface area contributed by atoms with E-state index in [1.165, 1.54) is 11.1 Å². The summed E-state index contributed by atoms with van der Waals surface area (Å²) in [5.74, 6) is 2.12. The highest BCUT2D eigenvalue weighted by Gasteiger charge is 2.57. The van der Waals surface area contributed by atoms with Crippen molar-refractivity contribution in [2.45, 2.75) is 88.8 Å². The summed E-state index contributed by atoms with van der Waals surface area (Å²) in [7, 11) is -0.186. The molecule has 0 amide bonds. The lowest BCUT2D eigenvalue weighted by Gasteiger charge is -2.46. The third kappa shape index (κ3) is 2.71. The Bertz CT molecular complexity index is 1030. The Morgan fingerprint density at radius 2 is 1.97 bits per heavy atom. The van der Waals surface area contributed by atoms with Crippen molar-refractivity contribution in [1.82, 2.24) is 0 Å². The second-order valence-corrected chi connectivity index (χ2v) is 15.5. The van der Waals surface area contributed by atoms with Crippen LogP contribution in [0.4, 0.5) is 0 Å². The van der Waals surface area contributed by atoms with Gasteiger partial charge in [-0.15, -0.1) is 0 Å². The largest absolute Gasteiger partial charge is 0.497 e. The van der Waals surface area contributed by atoms with Crippen LogP contribution in [0.25, 0.3) is 11.0 Å². The van der Waals surface area contributed by atoms with Crippen molar-refractivity contribution in [3.8, 4) is 5.75 Å². The van der Waals surface area contributed by atoms with E-state index >= 15 is 0 Å². The zero-order valence-electron chi connectivity index (χ0n) is 19.3. The third-order valence-corrected chi connectivity index (χ3v) is 12.5. The molecular weight excluding hydrogens is 392 g/mol. The van der Waals surface area contributed by atoms with Crippen LogP contribution in [0.5, 0.6) is 5.75 Å². The molecule has 0 N–H and O–H groups in total. The Kier molecular flexibility index (Phi) is 4.39. The molecule has 2 aromatic rings. The topological polar surface area (TPSA) is 40.8 Å². The van der Waals surface area contributed by atoms with Crippen LogP contribution in [0.15, 0.2) is 34.3 Å². The molecule has 4 nitrogen and oxygen atoms in total. The van der Waals surface area contributed by atoms with E-state index in [4.69, 9.17) is 18.3 Å². The van der Waals surface area contributed by atoms with Gasteiger partial charge in [0, 0.05) is 16.9 Å². The number of fused-ring (bicyclic) bond motifs is 4. The van der Waals surface area contributed by atoms with Gasteiger partial charge in [0.25, 0.3) is 0 Å². The molecule has 0 saturated heterocycles. The first-order valence-corrected chi connectivity index (χ1v) is 14.2. The van der Waals surface area contributed by atoms with Gasteiger partial charge >= 0.3 is 0 Å². The number of furan rings is 1. The molecule has 5 rings (SSSR count). The highest BCUT2D eigenvalue weighted by molar-refractivity contribution is 6.74. The highest BCUT2D eigenvalue weighted by Crippen LogP contribution is 2.60. The van der Waals surface area contributed by atoms with Gasteiger partial charge in [-0.1, -0.05) is 33.8 Å². The number of methoxy groups -OCH3 is 1. The fourth-order valence-electron chi connectivity index (χ4n) is 5.25. The van der Waals surface area contributed by atoms with Crippen LogP contribution in [-0.2, 0) is 14.8 Å². The van der Waals surface area contributed by atoms with E-state index in [1.807, 2.05) is 12.1 Å². The van der Waals surface area contributed by atoms with E-state index in [-0.39, 0.29) is 23.2 Å². The van der Waals surface area contributed by atoms with Crippen LogP contribution in [0, 0.1) is 0 Å². The van der Waals surface area contributed by atoms with Crippen molar-refractivity contribution in [3.05, 3.63) is 41.2 Å². The summed E-state index contributed by atoms with van der Waals surface area (Å²) in [6.07, 6.45) is 5.69. The number of benzene rings is 1. The average molecular weight is 427 g/mol. The van der Waals surface area contributed by atoms with Gasteiger partial charge < -0.3 is 18.3 Å². The molecular formula is C25H34O4Si. The van der Waals surface area contributed by atoms with E-state index in [0.717, 1.165) is 41.7 Å². The monoisotopic (exact) mass is 426 g/mol. The fraction of sp³-hybridized carbons (Fsp3) is 0.600. The molecule has 1 aromatic heterocycles. The summed E-state index contributed by atoms with van der Waals surface area (Å²) >= 11 is 0. The van der Waals surface area contributed by atoms with Crippen molar-refractivity contribution >= 4 is 19.3 Å². The minimum Gasteiger partial charge on any atom is -0.497 e. The van der Waals surface area contributed by atoms with Crippen LogP contribution in [0.3, 0.4) is 0 Å². The maximum Gasteiger partial charge on any atom is 0.192 e. The lowest BCUT2D eigenvalue weighted by molar-refractivity contribution is -0.0818. The number of hydrogen-bond acceptors (Lipinski definition) is 4. The number of rotatable bonds is 3. The van der Waals surface area contributed by atoms with E-state index in [0.29, 0.717) is 0 Å². The first-order valence-electron chi connectivity index (χ1n) is 11.3. The molecule has 1 saturated carbocycles. The van der Waals surface area contributed by atoms with Crippen molar-refractivity contribution in [2.24, 2.45) is 0 Å². The zero-order chi connectivity index (χ0) is 21.5. The van der Waals surface area contributed by atoms with E-state index in [9.17, 15) is 0 Å². The Balaban J connectivity index is 1.65. The molecule has 3 heterocycles. The van der Waals surface area contributed by atoms with Gasteiger partial charge in [0.15, 0.2) is 8.32 Å². The first kappa shape index (κ1) is 20.3. The van der Waals surface area contributed by atoms with Crippen LogP contribution < -0.4 is 4.74 Å². The number of hydrogen-bond donors (Lipinski definition) is 0. The molecule has 2 aliphatic heterocycles. The smallest absolute Gasteiger partial charge is 0.192 e. The lowest BCUT2D eigenvalue weighted by atomic mass is 9.73.